The highest BCUT2D eigenvalue weighted by atomic mass is 16.5. The Labute approximate surface area is 137 Å². The topological polar surface area (TPSA) is 98.7 Å². The van der Waals surface area contributed by atoms with E-state index >= 15 is 0 Å². The molecule has 8 heteroatoms. The predicted octanol–water partition coefficient (Wildman–Crippen LogP) is 2.53. The third kappa shape index (κ3) is 2.55. The molecule has 2 heterocycles. The molecule has 0 spiro atoms. The molecule has 0 unspecified atom stereocenters. The molecule has 0 saturated heterocycles. The molecule has 2 aromatic heterocycles. The number of hydrogen-bond donors (Lipinski definition) is 1. The standard InChI is InChI=1S/C16H16N6O2/c1-9-14(10(2)24-19-9)16(23)17-12-5-3-11(4-6-12)15-18-20-21-22(15)13-7-8-13/h3-6,13H,7-8H2,1-2H3,(H,17,23). The molecule has 1 aromatic carbocycles. The van der Waals surface area contributed by atoms with Gasteiger partial charge in [0.25, 0.3) is 5.91 Å². The third-order valence-electron chi connectivity index (χ3n) is 4.05. The van der Waals surface area contributed by atoms with Crippen LogP contribution in [0.2, 0.25) is 0 Å². The van der Waals surface area contributed by atoms with Crippen molar-refractivity contribution in [1.82, 2.24) is 25.4 Å². The molecule has 1 amide bonds. The summed E-state index contributed by atoms with van der Waals surface area (Å²) in [6.45, 7) is 3.46. The van der Waals surface area contributed by atoms with E-state index in [1.54, 1.807) is 13.8 Å². The lowest BCUT2D eigenvalue weighted by Crippen LogP contribution is -2.13. The van der Waals surface area contributed by atoms with Gasteiger partial charge in [0.2, 0.25) is 0 Å². The average molecular weight is 324 g/mol. The van der Waals surface area contributed by atoms with Crippen LogP contribution in [-0.2, 0) is 0 Å². The van der Waals surface area contributed by atoms with Crippen LogP contribution in [0.1, 0.15) is 40.7 Å². The van der Waals surface area contributed by atoms with Gasteiger partial charge in [-0.15, -0.1) is 5.10 Å². The van der Waals surface area contributed by atoms with Crippen molar-refractivity contribution in [2.24, 2.45) is 0 Å². The van der Waals surface area contributed by atoms with Crippen LogP contribution in [-0.4, -0.2) is 31.3 Å². The Balaban J connectivity index is 1.54. The Kier molecular flexibility index (Phi) is 3.37. The van der Waals surface area contributed by atoms with Gasteiger partial charge in [-0.1, -0.05) is 5.16 Å². The van der Waals surface area contributed by atoms with Crippen molar-refractivity contribution in [3.05, 3.63) is 41.3 Å². The molecular weight excluding hydrogens is 308 g/mol. The number of rotatable bonds is 4. The smallest absolute Gasteiger partial charge is 0.261 e. The van der Waals surface area contributed by atoms with E-state index in [1.165, 1.54) is 0 Å². The molecule has 1 aliphatic carbocycles. The molecule has 1 N–H and O–H groups in total. The number of carbonyl (C=O) groups excluding carboxylic acids is 1. The molecule has 0 bridgehead atoms. The summed E-state index contributed by atoms with van der Waals surface area (Å²) >= 11 is 0. The van der Waals surface area contributed by atoms with Crippen LogP contribution in [0, 0.1) is 13.8 Å². The molecule has 0 aliphatic heterocycles. The summed E-state index contributed by atoms with van der Waals surface area (Å²) in [5.41, 5.74) is 2.65. The highest BCUT2D eigenvalue weighted by molar-refractivity contribution is 6.05. The zero-order valence-corrected chi connectivity index (χ0v) is 13.4. The second-order valence-corrected chi connectivity index (χ2v) is 5.91. The lowest BCUT2D eigenvalue weighted by atomic mass is 10.1. The van der Waals surface area contributed by atoms with Crippen LogP contribution in [0.15, 0.2) is 28.8 Å². The van der Waals surface area contributed by atoms with Gasteiger partial charge in [-0.25, -0.2) is 4.68 Å². The molecule has 1 saturated carbocycles. The summed E-state index contributed by atoms with van der Waals surface area (Å²) in [5, 5.41) is 18.6. The van der Waals surface area contributed by atoms with Gasteiger partial charge in [-0.05, 0) is 61.4 Å². The molecule has 8 nitrogen and oxygen atoms in total. The van der Waals surface area contributed by atoms with Crippen molar-refractivity contribution in [2.45, 2.75) is 32.7 Å². The first kappa shape index (κ1) is 14.6. The van der Waals surface area contributed by atoms with Crippen molar-refractivity contribution in [1.29, 1.82) is 0 Å². The normalized spacial score (nSPS) is 13.9. The van der Waals surface area contributed by atoms with Gasteiger partial charge in [0, 0.05) is 11.3 Å². The number of nitrogens with one attached hydrogen (secondary N) is 1. The summed E-state index contributed by atoms with van der Waals surface area (Å²) in [4.78, 5) is 12.3. The molecule has 1 aliphatic rings. The van der Waals surface area contributed by atoms with Gasteiger partial charge < -0.3 is 9.84 Å². The Hall–Kier alpha value is -3.03. The Bertz CT molecular complexity index is 872. The van der Waals surface area contributed by atoms with E-state index in [2.05, 4.69) is 26.0 Å². The first-order chi connectivity index (χ1) is 11.6. The SMILES string of the molecule is Cc1noc(C)c1C(=O)Nc1ccc(-c2nnnn2C2CC2)cc1. The van der Waals surface area contributed by atoms with Gasteiger partial charge in [-0.3, -0.25) is 4.79 Å². The average Bonchev–Trinajstić information content (AvgIpc) is 3.20. The maximum Gasteiger partial charge on any atom is 0.261 e. The largest absolute Gasteiger partial charge is 0.361 e. The number of aromatic nitrogens is 5. The number of anilines is 1. The summed E-state index contributed by atoms with van der Waals surface area (Å²) in [6, 6.07) is 7.87. The van der Waals surface area contributed by atoms with Gasteiger partial charge >= 0.3 is 0 Å². The van der Waals surface area contributed by atoms with Crippen molar-refractivity contribution in [2.75, 3.05) is 5.32 Å². The van der Waals surface area contributed by atoms with E-state index in [9.17, 15) is 4.79 Å². The van der Waals surface area contributed by atoms with E-state index in [-0.39, 0.29) is 5.91 Å². The summed E-state index contributed by atoms with van der Waals surface area (Å²) in [7, 11) is 0. The molecule has 0 radical (unpaired) electrons. The maximum atomic E-state index is 12.3. The number of benzene rings is 1. The van der Waals surface area contributed by atoms with Crippen LogP contribution in [0.5, 0.6) is 0 Å². The van der Waals surface area contributed by atoms with Crippen molar-refractivity contribution in [3.8, 4) is 11.4 Å². The number of carbonyl (C=O) groups is 1. The minimum Gasteiger partial charge on any atom is -0.361 e. The second kappa shape index (κ2) is 5.55. The molecule has 122 valence electrons. The fraction of sp³-hybridized carbons (Fsp3) is 0.312. The van der Waals surface area contributed by atoms with Crippen molar-refractivity contribution in [3.63, 3.8) is 0 Å². The van der Waals surface area contributed by atoms with Gasteiger partial charge in [-0.2, -0.15) is 0 Å². The number of hydrogen-bond acceptors (Lipinski definition) is 6. The Morgan fingerprint density at radius 2 is 2.00 bits per heavy atom. The number of nitrogens with zero attached hydrogens (tertiary/aromatic N) is 5. The highest BCUT2D eigenvalue weighted by Crippen LogP contribution is 2.36. The number of tetrazole rings is 1. The van der Waals surface area contributed by atoms with Crippen molar-refractivity contribution < 1.29 is 9.32 Å². The summed E-state index contributed by atoms with van der Waals surface area (Å²) in [5.74, 6) is 1.02. The monoisotopic (exact) mass is 324 g/mol. The number of aryl methyl sites for hydroxylation is 2. The summed E-state index contributed by atoms with van der Waals surface area (Å²) in [6.07, 6.45) is 2.23. The zero-order chi connectivity index (χ0) is 16.7. The maximum absolute atomic E-state index is 12.3. The lowest BCUT2D eigenvalue weighted by molar-refractivity contribution is 0.102. The Morgan fingerprint density at radius 1 is 1.25 bits per heavy atom. The minimum atomic E-state index is -0.234. The first-order valence-corrected chi connectivity index (χ1v) is 7.76. The molecular formula is C16H16N6O2. The van der Waals surface area contributed by atoms with Crippen LogP contribution in [0.25, 0.3) is 11.4 Å². The molecule has 3 aromatic rings. The van der Waals surface area contributed by atoms with Crippen molar-refractivity contribution >= 4 is 11.6 Å². The van der Waals surface area contributed by atoms with E-state index in [4.69, 9.17) is 4.52 Å². The fourth-order valence-electron chi connectivity index (χ4n) is 2.65. The highest BCUT2D eigenvalue weighted by Gasteiger charge is 2.28. The van der Waals surface area contributed by atoms with Gasteiger partial charge in [0.05, 0.1) is 11.7 Å². The quantitative estimate of drug-likeness (QED) is 0.792. The molecule has 0 atom stereocenters. The van der Waals surface area contributed by atoms with Gasteiger partial charge in [0.15, 0.2) is 5.82 Å². The lowest BCUT2D eigenvalue weighted by Gasteiger charge is -2.06. The first-order valence-electron chi connectivity index (χ1n) is 7.76. The van der Waals surface area contributed by atoms with E-state index in [0.29, 0.717) is 28.7 Å². The zero-order valence-electron chi connectivity index (χ0n) is 13.4. The minimum absolute atomic E-state index is 0.234. The van der Waals surface area contributed by atoms with E-state index in [1.807, 2.05) is 28.9 Å². The van der Waals surface area contributed by atoms with Crippen LogP contribution in [0.4, 0.5) is 5.69 Å². The number of amides is 1. The van der Waals surface area contributed by atoms with Crippen LogP contribution >= 0.6 is 0 Å². The third-order valence-corrected chi connectivity index (χ3v) is 4.05. The second-order valence-electron chi connectivity index (χ2n) is 5.91. The van der Waals surface area contributed by atoms with E-state index in [0.717, 1.165) is 24.2 Å². The fourth-order valence-corrected chi connectivity index (χ4v) is 2.65. The predicted molar refractivity (Wildman–Crippen MR) is 85.5 cm³/mol. The molecule has 4 rings (SSSR count). The van der Waals surface area contributed by atoms with Gasteiger partial charge in [0.1, 0.15) is 11.3 Å². The van der Waals surface area contributed by atoms with E-state index < -0.39 is 0 Å². The molecule has 1 fully saturated rings. The van der Waals surface area contributed by atoms with Crippen LogP contribution in [0.3, 0.4) is 0 Å². The summed E-state index contributed by atoms with van der Waals surface area (Å²) < 4.78 is 6.89. The Morgan fingerprint density at radius 3 is 2.62 bits per heavy atom. The van der Waals surface area contributed by atoms with Crippen LogP contribution < -0.4 is 5.32 Å². The molecule has 24 heavy (non-hydrogen) atoms.